The Bertz CT molecular complexity index is 408. The van der Waals surface area contributed by atoms with Crippen molar-refractivity contribution in [1.82, 2.24) is 10.2 Å². The Morgan fingerprint density at radius 3 is 2.75 bits per heavy atom. The quantitative estimate of drug-likeness (QED) is 0.698. The first-order valence-electron chi connectivity index (χ1n) is 5.54. The minimum absolute atomic E-state index is 0.137. The van der Waals surface area contributed by atoms with Gasteiger partial charge in [-0.05, 0) is 12.5 Å². The average molecular weight is 217 g/mol. The molecule has 2 rings (SSSR count). The van der Waals surface area contributed by atoms with Gasteiger partial charge < -0.3 is 10.2 Å². The SMILES string of the molecule is CC1=C(N2CCNCC2)C(=O)CC=C1C#N. The van der Waals surface area contributed by atoms with Crippen LogP contribution in [0.25, 0.3) is 0 Å². The number of nitrogens with one attached hydrogen (secondary N) is 1. The summed E-state index contributed by atoms with van der Waals surface area (Å²) in [5.74, 6) is 0.137. The van der Waals surface area contributed by atoms with Crippen LogP contribution in [0.3, 0.4) is 0 Å². The molecule has 2 aliphatic rings. The summed E-state index contributed by atoms with van der Waals surface area (Å²) in [6, 6.07) is 2.15. The van der Waals surface area contributed by atoms with Gasteiger partial charge in [-0.1, -0.05) is 6.08 Å². The Morgan fingerprint density at radius 2 is 2.12 bits per heavy atom. The summed E-state index contributed by atoms with van der Waals surface area (Å²) in [5.41, 5.74) is 2.23. The van der Waals surface area contributed by atoms with Gasteiger partial charge in [0.1, 0.15) is 0 Å². The van der Waals surface area contributed by atoms with E-state index in [2.05, 4.69) is 16.3 Å². The number of ketones is 1. The fourth-order valence-electron chi connectivity index (χ4n) is 2.21. The molecule has 1 aliphatic heterocycles. The summed E-state index contributed by atoms with van der Waals surface area (Å²) in [6.45, 7) is 5.35. The topological polar surface area (TPSA) is 56.1 Å². The highest BCUT2D eigenvalue weighted by Gasteiger charge is 2.25. The molecule has 0 saturated carbocycles. The number of hydrogen-bond acceptors (Lipinski definition) is 4. The van der Waals surface area contributed by atoms with Crippen LogP contribution in [0, 0.1) is 11.3 Å². The van der Waals surface area contributed by atoms with Crippen LogP contribution in [0.15, 0.2) is 22.9 Å². The van der Waals surface area contributed by atoms with Crippen molar-refractivity contribution in [3.8, 4) is 6.07 Å². The maximum Gasteiger partial charge on any atom is 0.182 e. The summed E-state index contributed by atoms with van der Waals surface area (Å²) >= 11 is 0. The number of carbonyl (C=O) groups excluding carboxylic acids is 1. The summed E-state index contributed by atoms with van der Waals surface area (Å²) in [4.78, 5) is 14.0. The predicted molar refractivity (Wildman–Crippen MR) is 60.5 cm³/mol. The maximum atomic E-state index is 11.9. The second-order valence-electron chi connectivity index (χ2n) is 4.07. The van der Waals surface area contributed by atoms with Gasteiger partial charge in [0.05, 0.1) is 17.3 Å². The monoisotopic (exact) mass is 217 g/mol. The molecule has 4 nitrogen and oxygen atoms in total. The fourth-order valence-corrected chi connectivity index (χ4v) is 2.21. The maximum absolute atomic E-state index is 11.9. The van der Waals surface area contributed by atoms with E-state index in [0.717, 1.165) is 37.4 Å². The zero-order valence-electron chi connectivity index (χ0n) is 9.42. The van der Waals surface area contributed by atoms with Crippen molar-refractivity contribution in [2.45, 2.75) is 13.3 Å². The molecule has 84 valence electrons. The molecule has 0 aromatic heterocycles. The van der Waals surface area contributed by atoms with Gasteiger partial charge in [0, 0.05) is 32.6 Å². The van der Waals surface area contributed by atoms with Crippen LogP contribution in [-0.2, 0) is 4.79 Å². The third-order valence-corrected chi connectivity index (χ3v) is 3.07. The number of hydrogen-bond donors (Lipinski definition) is 1. The van der Waals surface area contributed by atoms with E-state index < -0.39 is 0 Å². The summed E-state index contributed by atoms with van der Waals surface area (Å²) in [6.07, 6.45) is 2.09. The zero-order chi connectivity index (χ0) is 11.5. The lowest BCUT2D eigenvalue weighted by molar-refractivity contribution is -0.116. The standard InChI is InChI=1S/C12H15N3O/c1-9-10(8-13)2-3-11(16)12(9)15-6-4-14-5-7-15/h2,14H,3-7H2,1H3. The van der Waals surface area contributed by atoms with Crippen LogP contribution in [-0.4, -0.2) is 36.9 Å². The molecule has 4 heteroatoms. The van der Waals surface area contributed by atoms with E-state index in [0.29, 0.717) is 12.0 Å². The molecule has 1 saturated heterocycles. The van der Waals surface area contributed by atoms with E-state index >= 15 is 0 Å². The molecule has 0 spiro atoms. The molecular formula is C12H15N3O. The van der Waals surface area contributed by atoms with Crippen LogP contribution in [0.2, 0.25) is 0 Å². The predicted octanol–water partition coefficient (Wildman–Crippen LogP) is 0.588. The van der Waals surface area contributed by atoms with Gasteiger partial charge in [-0.3, -0.25) is 4.79 Å². The number of carbonyl (C=O) groups is 1. The minimum Gasteiger partial charge on any atom is -0.366 e. The molecule has 0 radical (unpaired) electrons. The van der Waals surface area contributed by atoms with Crippen molar-refractivity contribution in [1.29, 1.82) is 5.26 Å². The zero-order valence-corrected chi connectivity index (χ0v) is 9.42. The largest absolute Gasteiger partial charge is 0.366 e. The first-order valence-corrected chi connectivity index (χ1v) is 5.54. The van der Waals surface area contributed by atoms with Crippen molar-refractivity contribution in [3.63, 3.8) is 0 Å². The van der Waals surface area contributed by atoms with Gasteiger partial charge in [-0.25, -0.2) is 0 Å². The Labute approximate surface area is 95.2 Å². The van der Waals surface area contributed by atoms with E-state index in [1.165, 1.54) is 0 Å². The van der Waals surface area contributed by atoms with Gasteiger partial charge in [-0.15, -0.1) is 0 Å². The number of nitrogens with zero attached hydrogens (tertiary/aromatic N) is 2. The van der Waals surface area contributed by atoms with Crippen LogP contribution in [0.4, 0.5) is 0 Å². The van der Waals surface area contributed by atoms with E-state index in [-0.39, 0.29) is 5.78 Å². The third kappa shape index (κ3) is 1.86. The molecule has 1 N–H and O–H groups in total. The molecular weight excluding hydrogens is 202 g/mol. The highest BCUT2D eigenvalue weighted by molar-refractivity contribution is 5.99. The number of allylic oxidation sites excluding steroid dienone is 4. The minimum atomic E-state index is 0.137. The van der Waals surface area contributed by atoms with Crippen LogP contribution in [0.5, 0.6) is 0 Å². The van der Waals surface area contributed by atoms with Crippen LogP contribution < -0.4 is 5.32 Å². The lowest BCUT2D eigenvalue weighted by Gasteiger charge is -2.33. The Morgan fingerprint density at radius 1 is 1.44 bits per heavy atom. The summed E-state index contributed by atoms with van der Waals surface area (Å²) in [5, 5.41) is 12.2. The van der Waals surface area contributed by atoms with Crippen molar-refractivity contribution in [2.24, 2.45) is 0 Å². The summed E-state index contributed by atoms with van der Waals surface area (Å²) in [7, 11) is 0. The second kappa shape index (κ2) is 4.50. The fraction of sp³-hybridized carbons (Fsp3) is 0.500. The van der Waals surface area contributed by atoms with Crippen molar-refractivity contribution < 1.29 is 4.79 Å². The highest BCUT2D eigenvalue weighted by Crippen LogP contribution is 2.24. The van der Waals surface area contributed by atoms with Gasteiger partial charge >= 0.3 is 0 Å². The number of rotatable bonds is 1. The van der Waals surface area contributed by atoms with Gasteiger partial charge in [0.15, 0.2) is 5.78 Å². The van der Waals surface area contributed by atoms with Gasteiger partial charge in [0.25, 0.3) is 0 Å². The normalized spacial score (nSPS) is 21.9. The van der Waals surface area contributed by atoms with Crippen molar-refractivity contribution in [2.75, 3.05) is 26.2 Å². The first-order chi connectivity index (χ1) is 7.74. The van der Waals surface area contributed by atoms with Crippen molar-refractivity contribution in [3.05, 3.63) is 22.9 Å². The molecule has 1 fully saturated rings. The summed E-state index contributed by atoms with van der Waals surface area (Å²) < 4.78 is 0. The molecule has 0 unspecified atom stereocenters. The first kappa shape index (κ1) is 10.9. The molecule has 0 aromatic carbocycles. The molecule has 0 amide bonds. The lowest BCUT2D eigenvalue weighted by Crippen LogP contribution is -2.45. The third-order valence-electron chi connectivity index (χ3n) is 3.07. The Hall–Kier alpha value is -1.60. The molecule has 0 atom stereocenters. The Balaban J connectivity index is 2.31. The number of Topliss-reactive ketones (excluding diaryl/α,β-unsaturated/α-hetero) is 1. The van der Waals surface area contributed by atoms with Gasteiger partial charge in [-0.2, -0.15) is 5.26 Å². The molecule has 1 heterocycles. The van der Waals surface area contributed by atoms with E-state index in [1.807, 2.05) is 6.92 Å². The second-order valence-corrected chi connectivity index (χ2v) is 4.07. The molecule has 1 aliphatic carbocycles. The number of nitriles is 1. The molecule has 0 aromatic rings. The van der Waals surface area contributed by atoms with Crippen LogP contribution >= 0.6 is 0 Å². The van der Waals surface area contributed by atoms with E-state index in [9.17, 15) is 4.79 Å². The average Bonchev–Trinajstić information content (AvgIpc) is 2.31. The van der Waals surface area contributed by atoms with Crippen LogP contribution in [0.1, 0.15) is 13.3 Å². The molecule has 0 bridgehead atoms. The molecule has 16 heavy (non-hydrogen) atoms. The Kier molecular flexibility index (Phi) is 3.07. The smallest absolute Gasteiger partial charge is 0.182 e. The number of piperazine rings is 1. The van der Waals surface area contributed by atoms with Crippen molar-refractivity contribution >= 4 is 5.78 Å². The van der Waals surface area contributed by atoms with Gasteiger partial charge in [0.2, 0.25) is 0 Å². The van der Waals surface area contributed by atoms with E-state index in [1.54, 1.807) is 6.08 Å². The highest BCUT2D eigenvalue weighted by atomic mass is 16.1. The van der Waals surface area contributed by atoms with E-state index in [4.69, 9.17) is 5.26 Å². The lowest BCUT2D eigenvalue weighted by atomic mass is 9.95.